The Bertz CT molecular complexity index is 1430. The predicted octanol–water partition coefficient (Wildman–Crippen LogP) is 3.67. The minimum absolute atomic E-state index is 0.0444. The first-order chi connectivity index (χ1) is 16.4. The molecule has 0 aliphatic carbocycles. The average molecular weight is 464 g/mol. The Morgan fingerprint density at radius 2 is 1.79 bits per heavy atom. The summed E-state index contributed by atoms with van der Waals surface area (Å²) in [6.07, 6.45) is 1.82. The zero-order chi connectivity index (χ0) is 24.2. The standard InChI is InChI=1S/C25H24N2O7/c1-15-16-7-4-5-8-20(16)34-24(15)19(28)13-33-23(29)9-6-10-27-14-26-18-12-22(32-3)21(31-2)11-17(18)25(27)30/h4-5,7-8,11-12,14H,6,9-10,13H2,1-3H3. The molecule has 9 nitrogen and oxygen atoms in total. The van der Waals surface area contributed by atoms with E-state index < -0.39 is 18.4 Å². The Balaban J connectivity index is 1.34. The summed E-state index contributed by atoms with van der Waals surface area (Å²) in [4.78, 5) is 41.7. The highest BCUT2D eigenvalue weighted by molar-refractivity contribution is 6.01. The number of hydrogen-bond donors (Lipinski definition) is 0. The summed E-state index contributed by atoms with van der Waals surface area (Å²) in [6.45, 7) is 1.66. The van der Waals surface area contributed by atoms with Crippen molar-refractivity contribution in [1.82, 2.24) is 9.55 Å². The van der Waals surface area contributed by atoms with Crippen LogP contribution in [0, 0.1) is 6.92 Å². The summed E-state index contributed by atoms with van der Waals surface area (Å²) >= 11 is 0. The Labute approximate surface area is 194 Å². The number of rotatable bonds is 9. The quantitative estimate of drug-likeness (QED) is 0.273. The number of furan rings is 1. The molecule has 0 saturated carbocycles. The van der Waals surface area contributed by atoms with Gasteiger partial charge in [0.15, 0.2) is 23.9 Å². The molecule has 2 aromatic carbocycles. The maximum absolute atomic E-state index is 12.8. The largest absolute Gasteiger partial charge is 0.493 e. The third-order valence-corrected chi connectivity index (χ3v) is 5.57. The second-order valence-corrected chi connectivity index (χ2v) is 7.71. The second-order valence-electron chi connectivity index (χ2n) is 7.71. The third kappa shape index (κ3) is 4.50. The molecule has 0 amide bonds. The highest BCUT2D eigenvalue weighted by Gasteiger charge is 2.19. The van der Waals surface area contributed by atoms with Crippen molar-refractivity contribution in [2.45, 2.75) is 26.3 Å². The summed E-state index contributed by atoms with van der Waals surface area (Å²) in [5.74, 6) is 0.168. The van der Waals surface area contributed by atoms with Crippen LogP contribution in [-0.2, 0) is 16.1 Å². The normalized spacial score (nSPS) is 11.0. The van der Waals surface area contributed by atoms with E-state index in [1.165, 1.54) is 25.1 Å². The van der Waals surface area contributed by atoms with Crippen LogP contribution in [0.2, 0.25) is 0 Å². The number of methoxy groups -OCH3 is 2. The molecule has 0 N–H and O–H groups in total. The molecule has 4 rings (SSSR count). The number of carbonyl (C=O) groups is 2. The van der Waals surface area contributed by atoms with E-state index in [1.807, 2.05) is 18.2 Å². The Morgan fingerprint density at radius 3 is 2.53 bits per heavy atom. The number of aryl methyl sites for hydroxylation is 2. The summed E-state index contributed by atoms with van der Waals surface area (Å²) in [5, 5.41) is 1.23. The van der Waals surface area contributed by atoms with Crippen molar-refractivity contribution < 1.29 is 28.2 Å². The molecule has 0 unspecified atom stereocenters. The fourth-order valence-corrected chi connectivity index (χ4v) is 3.76. The van der Waals surface area contributed by atoms with Crippen molar-refractivity contribution >= 4 is 33.6 Å². The van der Waals surface area contributed by atoms with Crippen LogP contribution in [0.1, 0.15) is 29.0 Å². The van der Waals surface area contributed by atoms with E-state index in [0.29, 0.717) is 40.0 Å². The molecular weight excluding hydrogens is 440 g/mol. The minimum atomic E-state index is -0.532. The zero-order valence-corrected chi connectivity index (χ0v) is 19.1. The maximum Gasteiger partial charge on any atom is 0.306 e. The van der Waals surface area contributed by atoms with Gasteiger partial charge in [-0.1, -0.05) is 18.2 Å². The summed E-state index contributed by atoms with van der Waals surface area (Å²) < 4.78 is 22.6. The monoisotopic (exact) mass is 464 g/mol. The smallest absolute Gasteiger partial charge is 0.306 e. The van der Waals surface area contributed by atoms with Gasteiger partial charge in [-0.3, -0.25) is 19.0 Å². The van der Waals surface area contributed by atoms with Crippen LogP contribution in [0.5, 0.6) is 11.5 Å². The lowest BCUT2D eigenvalue weighted by molar-refractivity contribution is -0.142. The number of ether oxygens (including phenoxy) is 3. The van der Waals surface area contributed by atoms with Crippen molar-refractivity contribution in [1.29, 1.82) is 0 Å². The molecule has 2 heterocycles. The van der Waals surface area contributed by atoms with Crippen LogP contribution in [0.25, 0.3) is 21.9 Å². The first-order valence-corrected chi connectivity index (χ1v) is 10.7. The van der Waals surface area contributed by atoms with Gasteiger partial charge in [0.25, 0.3) is 5.56 Å². The van der Waals surface area contributed by atoms with Gasteiger partial charge < -0.3 is 18.6 Å². The van der Waals surface area contributed by atoms with Gasteiger partial charge in [0.2, 0.25) is 5.78 Å². The van der Waals surface area contributed by atoms with Crippen LogP contribution < -0.4 is 15.0 Å². The minimum Gasteiger partial charge on any atom is -0.493 e. The SMILES string of the molecule is COc1cc2ncn(CCCC(=O)OCC(=O)c3oc4ccccc4c3C)c(=O)c2cc1OC. The molecule has 0 bridgehead atoms. The number of para-hydroxylation sites is 1. The van der Waals surface area contributed by atoms with Crippen molar-refractivity contribution in [2.24, 2.45) is 0 Å². The van der Waals surface area contributed by atoms with Gasteiger partial charge in [0, 0.05) is 30.0 Å². The first kappa shape index (κ1) is 23.0. The summed E-state index contributed by atoms with van der Waals surface area (Å²) in [7, 11) is 3.00. The lowest BCUT2D eigenvalue weighted by Gasteiger charge is -2.10. The van der Waals surface area contributed by atoms with E-state index in [4.69, 9.17) is 18.6 Å². The van der Waals surface area contributed by atoms with E-state index in [-0.39, 0.29) is 24.3 Å². The highest BCUT2D eigenvalue weighted by Crippen LogP contribution is 2.30. The van der Waals surface area contributed by atoms with Crippen molar-refractivity contribution in [3.8, 4) is 11.5 Å². The Morgan fingerprint density at radius 1 is 1.06 bits per heavy atom. The number of carbonyl (C=O) groups excluding carboxylic acids is 2. The molecule has 0 aliphatic heterocycles. The number of hydrogen-bond acceptors (Lipinski definition) is 8. The molecule has 0 aliphatic rings. The maximum atomic E-state index is 12.8. The number of fused-ring (bicyclic) bond motifs is 2. The van der Waals surface area contributed by atoms with E-state index in [9.17, 15) is 14.4 Å². The van der Waals surface area contributed by atoms with Crippen molar-refractivity contribution in [2.75, 3.05) is 20.8 Å². The fourth-order valence-electron chi connectivity index (χ4n) is 3.76. The lowest BCUT2D eigenvalue weighted by atomic mass is 10.1. The van der Waals surface area contributed by atoms with Crippen LogP contribution in [0.3, 0.4) is 0 Å². The molecule has 0 radical (unpaired) electrons. The van der Waals surface area contributed by atoms with Gasteiger partial charge in [-0.05, 0) is 25.5 Å². The summed E-state index contributed by atoms with van der Waals surface area (Å²) in [5.41, 5.74) is 1.56. The van der Waals surface area contributed by atoms with Gasteiger partial charge in [-0.25, -0.2) is 4.98 Å². The van der Waals surface area contributed by atoms with Crippen molar-refractivity contribution in [3.63, 3.8) is 0 Å². The lowest BCUT2D eigenvalue weighted by Crippen LogP contribution is -2.21. The van der Waals surface area contributed by atoms with Gasteiger partial charge >= 0.3 is 5.97 Å². The first-order valence-electron chi connectivity index (χ1n) is 10.7. The molecular formula is C25H24N2O7. The molecule has 34 heavy (non-hydrogen) atoms. The van der Waals surface area contributed by atoms with Crippen LogP contribution in [0.15, 0.2) is 51.9 Å². The van der Waals surface area contributed by atoms with E-state index in [0.717, 1.165) is 5.39 Å². The zero-order valence-electron chi connectivity index (χ0n) is 19.1. The molecule has 0 saturated heterocycles. The number of aromatic nitrogens is 2. The molecule has 4 aromatic rings. The summed E-state index contributed by atoms with van der Waals surface area (Å²) in [6, 6.07) is 10.6. The topological polar surface area (TPSA) is 110 Å². The van der Waals surface area contributed by atoms with Crippen LogP contribution >= 0.6 is 0 Å². The molecule has 0 atom stereocenters. The van der Waals surface area contributed by atoms with Crippen LogP contribution in [-0.4, -0.2) is 42.1 Å². The Hall–Kier alpha value is -4.14. The fraction of sp³-hybridized carbons (Fsp3) is 0.280. The molecule has 9 heteroatoms. The number of benzene rings is 2. The van der Waals surface area contributed by atoms with Gasteiger partial charge in [0.05, 0.1) is 31.4 Å². The van der Waals surface area contributed by atoms with Crippen LogP contribution in [0.4, 0.5) is 0 Å². The molecule has 0 spiro atoms. The highest BCUT2D eigenvalue weighted by atomic mass is 16.5. The number of esters is 1. The average Bonchev–Trinajstić information content (AvgIpc) is 3.19. The third-order valence-electron chi connectivity index (χ3n) is 5.57. The number of ketones is 1. The molecule has 176 valence electrons. The van der Waals surface area contributed by atoms with E-state index in [2.05, 4.69) is 4.98 Å². The number of nitrogens with zero attached hydrogens (tertiary/aromatic N) is 2. The van der Waals surface area contributed by atoms with Crippen molar-refractivity contribution in [3.05, 3.63) is 64.4 Å². The van der Waals surface area contributed by atoms with E-state index >= 15 is 0 Å². The predicted molar refractivity (Wildman–Crippen MR) is 125 cm³/mol. The van der Waals surface area contributed by atoms with Gasteiger partial charge in [-0.2, -0.15) is 0 Å². The second kappa shape index (κ2) is 9.78. The Kier molecular flexibility index (Phi) is 6.62. The van der Waals surface area contributed by atoms with Gasteiger partial charge in [0.1, 0.15) is 5.58 Å². The molecule has 2 aromatic heterocycles. The molecule has 0 fully saturated rings. The van der Waals surface area contributed by atoms with Gasteiger partial charge in [-0.15, -0.1) is 0 Å². The number of Topliss-reactive ketones (excluding diaryl/α,β-unsaturated/α-hetero) is 1. The van der Waals surface area contributed by atoms with E-state index in [1.54, 1.807) is 25.1 Å².